The molecule has 2 aliphatic rings. The fourth-order valence-electron chi connectivity index (χ4n) is 5.49. The number of benzene rings is 5. The fourth-order valence-corrected chi connectivity index (χ4v) is 6.78. The van der Waals surface area contributed by atoms with Crippen LogP contribution in [0.1, 0.15) is 23.6 Å². The van der Waals surface area contributed by atoms with Gasteiger partial charge in [0.1, 0.15) is 0 Å². The smallest absolute Gasteiger partial charge is 0.269 e. The molecule has 8 nitrogen and oxygen atoms in total. The molecule has 0 aromatic heterocycles. The van der Waals surface area contributed by atoms with Crippen molar-refractivity contribution in [1.29, 1.82) is 0 Å². The highest BCUT2D eigenvalue weighted by Crippen LogP contribution is 2.55. The highest BCUT2D eigenvalue weighted by Gasteiger charge is 2.56. The van der Waals surface area contributed by atoms with Gasteiger partial charge < -0.3 is 0 Å². The lowest BCUT2D eigenvalue weighted by molar-refractivity contribution is -0.384. The zero-order valence-electron chi connectivity index (χ0n) is 22.4. The minimum atomic E-state index is -1.14. The predicted molar refractivity (Wildman–Crippen MR) is 168 cm³/mol. The Morgan fingerprint density at radius 1 is 0.738 bits per heavy atom. The summed E-state index contributed by atoms with van der Waals surface area (Å²) in [4.78, 5) is 22.7. The Hall–Kier alpha value is -5.28. The van der Waals surface area contributed by atoms with Crippen LogP contribution in [0.25, 0.3) is 10.8 Å². The molecular formula is C33H23N5O3S. The number of Topliss-reactive ketones (excluding diaryl/α,β-unsaturated/α-hetero) is 1. The molecule has 0 bridgehead atoms. The largest absolute Gasteiger partial charge is 0.292 e. The van der Waals surface area contributed by atoms with Gasteiger partial charge in [0, 0.05) is 35.7 Å². The molecule has 0 unspecified atom stereocenters. The number of hydrogen-bond acceptors (Lipinski definition) is 8. The van der Waals surface area contributed by atoms with E-state index in [0.29, 0.717) is 10.7 Å². The number of nitrogens with zero attached hydrogens (tertiary/aromatic N) is 5. The summed E-state index contributed by atoms with van der Waals surface area (Å²) in [6, 6.07) is 38.4. The molecule has 1 spiro atoms. The van der Waals surface area contributed by atoms with E-state index in [-0.39, 0.29) is 11.5 Å². The Balaban J connectivity index is 1.53. The zero-order chi connectivity index (χ0) is 28.8. The number of non-ortho nitro benzene ring substituents is 1. The van der Waals surface area contributed by atoms with Crippen molar-refractivity contribution in [2.45, 2.75) is 11.9 Å². The van der Waals surface area contributed by atoms with E-state index >= 15 is 0 Å². The van der Waals surface area contributed by atoms with Gasteiger partial charge in [0.2, 0.25) is 4.99 Å². The number of ketones is 1. The van der Waals surface area contributed by atoms with Gasteiger partial charge in [0.15, 0.2) is 10.8 Å². The van der Waals surface area contributed by atoms with Crippen LogP contribution in [-0.2, 0) is 9.79 Å². The van der Waals surface area contributed by atoms with E-state index in [1.54, 1.807) is 17.1 Å². The van der Waals surface area contributed by atoms with Gasteiger partial charge in [0.05, 0.1) is 22.0 Å². The lowest BCUT2D eigenvalue weighted by Gasteiger charge is -2.47. The maximum absolute atomic E-state index is 12.9. The van der Waals surface area contributed by atoms with Gasteiger partial charge in [-0.25, -0.2) is 10.0 Å². The monoisotopic (exact) mass is 569 g/mol. The molecule has 0 aliphatic carbocycles. The van der Waals surface area contributed by atoms with E-state index in [9.17, 15) is 14.9 Å². The lowest BCUT2D eigenvalue weighted by Crippen LogP contribution is -2.54. The summed E-state index contributed by atoms with van der Waals surface area (Å²) in [6.45, 7) is 1.49. The maximum atomic E-state index is 12.9. The molecule has 0 saturated heterocycles. The Morgan fingerprint density at radius 3 is 2.12 bits per heavy atom. The molecule has 1 atom stereocenters. The van der Waals surface area contributed by atoms with Crippen LogP contribution in [0.5, 0.6) is 0 Å². The third-order valence-electron chi connectivity index (χ3n) is 7.39. The molecule has 5 aromatic carbocycles. The van der Waals surface area contributed by atoms with Crippen molar-refractivity contribution in [3.05, 3.63) is 148 Å². The molecule has 0 fully saturated rings. The maximum Gasteiger partial charge on any atom is 0.269 e. The van der Waals surface area contributed by atoms with Gasteiger partial charge in [-0.3, -0.25) is 14.9 Å². The molecule has 0 amide bonds. The molecule has 9 heteroatoms. The first kappa shape index (κ1) is 25.7. The first-order valence-corrected chi connectivity index (χ1v) is 14.1. The summed E-state index contributed by atoms with van der Waals surface area (Å²) in [5.74, 6) is -0.182. The molecule has 0 N–H and O–H groups in total. The third kappa shape index (κ3) is 3.97. The number of anilines is 2. The highest BCUT2D eigenvalue weighted by molar-refractivity contribution is 8.17. The van der Waals surface area contributed by atoms with Gasteiger partial charge >= 0.3 is 0 Å². The topological polar surface area (TPSA) is 91.4 Å². The normalized spacial score (nSPS) is 17.6. The SMILES string of the molecule is CC(=O)C1=NN(c2ccc([N+](=O)[O-])cc2)[C@]2(S1)c1ccccc1C(c1cccc3ccccc13)=NN2c1ccccc1. The number of hydrogen-bond donors (Lipinski definition) is 0. The second kappa shape index (κ2) is 9.97. The van der Waals surface area contributed by atoms with Gasteiger partial charge in [-0.15, -0.1) is 0 Å². The first-order valence-electron chi connectivity index (χ1n) is 13.3. The van der Waals surface area contributed by atoms with Crippen molar-refractivity contribution in [2.75, 3.05) is 10.0 Å². The number of hydrazone groups is 2. The molecule has 2 aliphatic heterocycles. The number of fused-ring (bicyclic) bond motifs is 3. The van der Waals surface area contributed by atoms with Crippen LogP contribution < -0.4 is 10.0 Å². The van der Waals surface area contributed by atoms with Crippen molar-refractivity contribution in [3.8, 4) is 0 Å². The molecule has 2 heterocycles. The summed E-state index contributed by atoms with van der Waals surface area (Å²) < 4.78 is 0. The van der Waals surface area contributed by atoms with Crippen molar-refractivity contribution < 1.29 is 9.72 Å². The second-order valence-corrected chi connectivity index (χ2v) is 11.1. The Kier molecular flexibility index (Phi) is 6.09. The van der Waals surface area contributed by atoms with Crippen molar-refractivity contribution >= 4 is 56.1 Å². The Morgan fingerprint density at radius 2 is 1.36 bits per heavy atom. The number of nitro groups is 1. The van der Waals surface area contributed by atoms with Crippen LogP contribution in [0.4, 0.5) is 17.1 Å². The number of thioether (sulfide) groups is 1. The highest BCUT2D eigenvalue weighted by atomic mass is 32.2. The van der Waals surface area contributed by atoms with E-state index in [2.05, 4.69) is 24.3 Å². The number of para-hydroxylation sites is 1. The van der Waals surface area contributed by atoms with Crippen LogP contribution in [-0.4, -0.2) is 21.5 Å². The summed E-state index contributed by atoms with van der Waals surface area (Å²) in [6.07, 6.45) is 0. The minimum absolute atomic E-state index is 0.0318. The van der Waals surface area contributed by atoms with Gasteiger partial charge in [-0.2, -0.15) is 10.2 Å². The summed E-state index contributed by atoms with van der Waals surface area (Å²) in [5, 5.41) is 27.8. The summed E-state index contributed by atoms with van der Waals surface area (Å²) >= 11 is 1.31. The Labute approximate surface area is 245 Å². The number of rotatable bonds is 5. The van der Waals surface area contributed by atoms with Gasteiger partial charge in [-0.1, -0.05) is 84.9 Å². The van der Waals surface area contributed by atoms with E-state index < -0.39 is 9.92 Å². The van der Waals surface area contributed by atoms with Crippen molar-refractivity contribution in [2.24, 2.45) is 10.2 Å². The third-order valence-corrected chi connectivity index (χ3v) is 8.80. The zero-order valence-corrected chi connectivity index (χ0v) is 23.2. The Bertz CT molecular complexity index is 1940. The molecule has 7 rings (SSSR count). The van der Waals surface area contributed by atoms with Gasteiger partial charge in [0.25, 0.3) is 5.69 Å². The second-order valence-electron chi connectivity index (χ2n) is 9.93. The van der Waals surface area contributed by atoms with Crippen LogP contribution in [0.15, 0.2) is 132 Å². The van der Waals surface area contributed by atoms with E-state index in [0.717, 1.165) is 38.9 Å². The summed E-state index contributed by atoms with van der Waals surface area (Å²) in [7, 11) is 0. The molecule has 204 valence electrons. The van der Waals surface area contributed by atoms with Crippen LogP contribution >= 0.6 is 11.8 Å². The average molecular weight is 570 g/mol. The molecular weight excluding hydrogens is 546 g/mol. The molecule has 0 radical (unpaired) electrons. The predicted octanol–water partition coefficient (Wildman–Crippen LogP) is 7.29. The van der Waals surface area contributed by atoms with E-state index in [1.165, 1.54) is 30.8 Å². The number of carbonyl (C=O) groups excluding carboxylic acids is 1. The summed E-state index contributed by atoms with van der Waals surface area (Å²) in [5.41, 5.74) is 4.91. The molecule has 0 saturated carbocycles. The number of nitro benzene ring substituents is 1. The standard InChI is InChI=1S/C33H23N5O3S/c1-22(39)32-35-37(25-18-20-26(21-19-25)38(40)41)33(42-32)30-17-8-7-15-29(30)31(34-36(33)24-12-3-2-4-13-24)28-16-9-11-23-10-5-6-14-27(23)28/h2-21H,1H3/t33-/m0/s1. The van der Waals surface area contributed by atoms with E-state index in [1.807, 2.05) is 77.8 Å². The fraction of sp³-hybridized carbons (Fsp3) is 0.0606. The first-order chi connectivity index (χ1) is 20.5. The van der Waals surface area contributed by atoms with Crippen LogP contribution in [0.3, 0.4) is 0 Å². The van der Waals surface area contributed by atoms with Crippen LogP contribution in [0, 0.1) is 10.1 Å². The number of carbonyl (C=O) groups is 1. The minimum Gasteiger partial charge on any atom is -0.292 e. The average Bonchev–Trinajstić information content (AvgIpc) is 3.43. The van der Waals surface area contributed by atoms with Crippen molar-refractivity contribution in [3.63, 3.8) is 0 Å². The quantitative estimate of drug-likeness (QED) is 0.163. The molecule has 42 heavy (non-hydrogen) atoms. The van der Waals surface area contributed by atoms with Crippen molar-refractivity contribution in [1.82, 2.24) is 0 Å². The molecule has 5 aromatic rings. The van der Waals surface area contributed by atoms with E-state index in [4.69, 9.17) is 10.2 Å². The van der Waals surface area contributed by atoms with Crippen LogP contribution in [0.2, 0.25) is 0 Å². The van der Waals surface area contributed by atoms with Gasteiger partial charge in [-0.05, 0) is 46.8 Å². The lowest BCUT2D eigenvalue weighted by atomic mass is 9.91.